The second kappa shape index (κ2) is 6.72. The highest BCUT2D eigenvalue weighted by Gasteiger charge is 2.40. The fourth-order valence-electron chi connectivity index (χ4n) is 4.25. The number of hydrogen-bond acceptors (Lipinski definition) is 2. The largest absolute Gasteiger partial charge is 0.377 e. The van der Waals surface area contributed by atoms with E-state index >= 15 is 0 Å². The van der Waals surface area contributed by atoms with Crippen LogP contribution in [-0.2, 0) is 0 Å². The Morgan fingerprint density at radius 1 is 1.11 bits per heavy atom. The lowest BCUT2D eigenvalue weighted by atomic mass is 9.76. The fourth-order valence-corrected chi connectivity index (χ4v) is 4.51. The summed E-state index contributed by atoms with van der Waals surface area (Å²) >= 11 is 6.52. The minimum absolute atomic E-state index is 0.0508. The Morgan fingerprint density at radius 2 is 1.85 bits per heavy atom. The summed E-state index contributed by atoms with van der Waals surface area (Å²) < 4.78 is 0. The second-order valence-corrected chi connectivity index (χ2v) is 8.88. The minimum atomic E-state index is -0.285. The van der Waals surface area contributed by atoms with Crippen LogP contribution in [-0.4, -0.2) is 11.4 Å². The van der Waals surface area contributed by atoms with Gasteiger partial charge >= 0.3 is 0 Å². The zero-order valence-corrected chi connectivity index (χ0v) is 16.7. The van der Waals surface area contributed by atoms with E-state index in [2.05, 4.69) is 34.9 Å². The number of allylic oxidation sites excluding steroid dienone is 2. The summed E-state index contributed by atoms with van der Waals surface area (Å²) in [5.74, 6) is 0.647. The molecule has 0 aromatic heterocycles. The van der Waals surface area contributed by atoms with Gasteiger partial charge in [0.15, 0.2) is 0 Å². The summed E-state index contributed by atoms with van der Waals surface area (Å²) in [6.07, 6.45) is 5.53. The quantitative estimate of drug-likeness (QED) is 0.656. The number of rotatable bonds is 2. The molecule has 140 valence electrons. The molecule has 0 bridgehead atoms. The molecule has 0 saturated carbocycles. The summed E-state index contributed by atoms with van der Waals surface area (Å²) in [6, 6.07) is 14.1. The molecule has 2 aliphatic rings. The minimum Gasteiger partial charge on any atom is -0.377 e. The van der Waals surface area contributed by atoms with Crippen molar-refractivity contribution in [2.75, 3.05) is 5.32 Å². The molecule has 2 aromatic carbocycles. The number of fused-ring (bicyclic) bond motifs is 3. The molecule has 4 rings (SSSR count). The van der Waals surface area contributed by atoms with E-state index in [0.717, 1.165) is 22.7 Å². The van der Waals surface area contributed by atoms with Crippen LogP contribution in [0.5, 0.6) is 0 Å². The van der Waals surface area contributed by atoms with Crippen molar-refractivity contribution in [1.82, 2.24) is 5.32 Å². The van der Waals surface area contributed by atoms with Gasteiger partial charge in [0.1, 0.15) is 0 Å². The number of hydrogen-bond donors (Lipinski definition) is 2. The third-order valence-electron chi connectivity index (χ3n) is 5.37. The standard InChI is InChI=1S/C23H25ClN2O/c1-23(2,3)26-22(27)18-12-7-11-16-14-9-6-10-15(14)20(25-21(16)18)17-8-4-5-13-19(17)24/h4-9,11-15,20,25H,10H2,1-3H3,(H,26,27). The lowest BCUT2D eigenvalue weighted by Gasteiger charge is -2.38. The summed E-state index contributed by atoms with van der Waals surface area (Å²) in [7, 11) is 0. The molecule has 1 amide bonds. The molecule has 0 spiro atoms. The van der Waals surface area contributed by atoms with E-state index < -0.39 is 0 Å². The van der Waals surface area contributed by atoms with Gasteiger partial charge in [0.25, 0.3) is 5.91 Å². The van der Waals surface area contributed by atoms with Crippen molar-refractivity contribution in [3.63, 3.8) is 0 Å². The first-order valence-corrected chi connectivity index (χ1v) is 9.86. The van der Waals surface area contributed by atoms with Gasteiger partial charge in [-0.3, -0.25) is 4.79 Å². The molecule has 1 aliphatic carbocycles. The third-order valence-corrected chi connectivity index (χ3v) is 5.71. The van der Waals surface area contributed by atoms with Crippen LogP contribution in [0.15, 0.2) is 54.6 Å². The summed E-state index contributed by atoms with van der Waals surface area (Å²) in [5.41, 5.74) is 3.62. The van der Waals surface area contributed by atoms with Gasteiger partial charge in [0, 0.05) is 16.5 Å². The number of anilines is 1. The number of benzene rings is 2. The number of halogens is 1. The van der Waals surface area contributed by atoms with E-state index in [1.807, 2.05) is 51.1 Å². The topological polar surface area (TPSA) is 41.1 Å². The summed E-state index contributed by atoms with van der Waals surface area (Å²) in [6.45, 7) is 5.99. The molecule has 1 aliphatic heterocycles. The molecule has 0 radical (unpaired) electrons. The smallest absolute Gasteiger partial charge is 0.253 e. The third kappa shape index (κ3) is 3.37. The van der Waals surface area contributed by atoms with Gasteiger partial charge in [0.05, 0.1) is 17.3 Å². The highest BCUT2D eigenvalue weighted by molar-refractivity contribution is 6.31. The van der Waals surface area contributed by atoms with Crippen molar-refractivity contribution < 1.29 is 4.79 Å². The van der Waals surface area contributed by atoms with Gasteiger partial charge in [-0.1, -0.05) is 54.1 Å². The van der Waals surface area contributed by atoms with Gasteiger partial charge in [0.2, 0.25) is 0 Å². The SMILES string of the molecule is CC(C)(C)NC(=O)c1cccc2c1NC(c1ccccc1Cl)C1CC=CC21. The first-order valence-electron chi connectivity index (χ1n) is 9.48. The van der Waals surface area contributed by atoms with Gasteiger partial charge in [-0.2, -0.15) is 0 Å². The van der Waals surface area contributed by atoms with E-state index in [0.29, 0.717) is 17.4 Å². The number of amides is 1. The van der Waals surface area contributed by atoms with Gasteiger partial charge < -0.3 is 10.6 Å². The maximum Gasteiger partial charge on any atom is 0.253 e. The molecule has 2 N–H and O–H groups in total. The van der Waals surface area contributed by atoms with E-state index in [1.165, 1.54) is 5.56 Å². The second-order valence-electron chi connectivity index (χ2n) is 8.47. The molecule has 0 saturated heterocycles. The molecule has 1 heterocycles. The monoisotopic (exact) mass is 380 g/mol. The number of nitrogens with one attached hydrogen (secondary N) is 2. The molecule has 3 nitrogen and oxygen atoms in total. The van der Waals surface area contributed by atoms with E-state index in [1.54, 1.807) is 0 Å². The Labute approximate surface area is 165 Å². The fraction of sp³-hybridized carbons (Fsp3) is 0.348. The predicted octanol–water partition coefficient (Wildman–Crippen LogP) is 5.69. The maximum atomic E-state index is 12.9. The first-order chi connectivity index (χ1) is 12.8. The number of carbonyl (C=O) groups is 1. The molecule has 3 unspecified atom stereocenters. The van der Waals surface area contributed by atoms with Crippen molar-refractivity contribution in [2.24, 2.45) is 5.92 Å². The van der Waals surface area contributed by atoms with Gasteiger partial charge in [-0.15, -0.1) is 0 Å². The Morgan fingerprint density at radius 3 is 2.59 bits per heavy atom. The maximum absolute atomic E-state index is 12.9. The molecular formula is C23H25ClN2O. The lowest BCUT2D eigenvalue weighted by molar-refractivity contribution is 0.0920. The van der Waals surface area contributed by atoms with Crippen LogP contribution in [0.1, 0.15) is 60.6 Å². The van der Waals surface area contributed by atoms with Crippen LogP contribution < -0.4 is 10.6 Å². The van der Waals surface area contributed by atoms with Crippen molar-refractivity contribution in [3.8, 4) is 0 Å². The lowest BCUT2D eigenvalue weighted by Crippen LogP contribution is -2.41. The predicted molar refractivity (Wildman–Crippen MR) is 111 cm³/mol. The van der Waals surface area contributed by atoms with Crippen LogP contribution >= 0.6 is 11.6 Å². The average Bonchev–Trinajstić information content (AvgIpc) is 3.09. The van der Waals surface area contributed by atoms with Crippen molar-refractivity contribution >= 4 is 23.2 Å². The van der Waals surface area contributed by atoms with Crippen molar-refractivity contribution in [1.29, 1.82) is 0 Å². The normalized spacial score (nSPS) is 23.3. The zero-order chi connectivity index (χ0) is 19.2. The van der Waals surface area contributed by atoms with Crippen molar-refractivity contribution in [3.05, 3.63) is 76.3 Å². The highest BCUT2D eigenvalue weighted by Crippen LogP contribution is 2.51. The Balaban J connectivity index is 1.79. The summed E-state index contributed by atoms with van der Waals surface area (Å²) in [4.78, 5) is 12.9. The summed E-state index contributed by atoms with van der Waals surface area (Å²) in [5, 5.41) is 7.53. The Hall–Kier alpha value is -2.26. The van der Waals surface area contributed by atoms with Crippen molar-refractivity contribution in [2.45, 2.75) is 44.7 Å². The van der Waals surface area contributed by atoms with Crippen LogP contribution in [0.25, 0.3) is 0 Å². The van der Waals surface area contributed by atoms with Crippen LogP contribution in [0, 0.1) is 5.92 Å². The highest BCUT2D eigenvalue weighted by atomic mass is 35.5. The van der Waals surface area contributed by atoms with E-state index in [9.17, 15) is 4.79 Å². The average molecular weight is 381 g/mol. The number of carbonyl (C=O) groups excluding carboxylic acids is 1. The molecule has 3 atom stereocenters. The number of para-hydroxylation sites is 1. The Bertz CT molecular complexity index is 913. The van der Waals surface area contributed by atoms with E-state index in [-0.39, 0.29) is 17.5 Å². The van der Waals surface area contributed by atoms with Crippen LogP contribution in [0.2, 0.25) is 5.02 Å². The van der Waals surface area contributed by atoms with Crippen LogP contribution in [0.3, 0.4) is 0 Å². The van der Waals surface area contributed by atoms with Gasteiger partial charge in [-0.25, -0.2) is 0 Å². The molecular weight excluding hydrogens is 356 g/mol. The van der Waals surface area contributed by atoms with Gasteiger partial charge in [-0.05, 0) is 56.4 Å². The van der Waals surface area contributed by atoms with Crippen LogP contribution in [0.4, 0.5) is 5.69 Å². The molecule has 2 aromatic rings. The Kier molecular flexibility index (Phi) is 4.51. The zero-order valence-electron chi connectivity index (χ0n) is 15.9. The first kappa shape index (κ1) is 18.1. The van der Waals surface area contributed by atoms with E-state index in [4.69, 9.17) is 11.6 Å². The molecule has 27 heavy (non-hydrogen) atoms. The molecule has 4 heteroatoms. The molecule has 0 fully saturated rings.